The van der Waals surface area contributed by atoms with Gasteiger partial charge in [0.25, 0.3) is 0 Å². The molecule has 0 aliphatic carbocycles. The second-order valence-electron chi connectivity index (χ2n) is 2.99. The Hall–Kier alpha value is -1.12. The maximum Gasteiger partial charge on any atom is 0.475 e. The first-order valence-corrected chi connectivity index (χ1v) is 4.05. The van der Waals surface area contributed by atoms with Gasteiger partial charge in [0.1, 0.15) is 0 Å². The van der Waals surface area contributed by atoms with Crippen LogP contribution < -0.4 is 16.8 Å². The fourth-order valence-electron chi connectivity index (χ4n) is 0.715. The maximum atomic E-state index is 11.1. The molecule has 7 nitrogen and oxygen atoms in total. The summed E-state index contributed by atoms with van der Waals surface area (Å²) in [5.41, 5.74) is 10.1. The van der Waals surface area contributed by atoms with Crippen molar-refractivity contribution in [2.75, 3.05) is 0 Å². The number of nitrogens with one attached hydrogen (secondary N) is 1. The third kappa shape index (κ3) is 4.80. The molecular formula is C6H14BN3O4. The normalized spacial score (nSPS) is 14.3. The van der Waals surface area contributed by atoms with E-state index in [4.69, 9.17) is 21.5 Å². The van der Waals surface area contributed by atoms with Crippen LogP contribution in [0.4, 0.5) is 0 Å². The molecule has 0 heterocycles. The molecule has 14 heavy (non-hydrogen) atoms. The SMILES string of the molecule is C[C@H](NC(=O)[C@@H](N)CC(N)=O)B(O)O. The van der Waals surface area contributed by atoms with Gasteiger partial charge in [-0.2, -0.15) is 0 Å². The minimum Gasteiger partial charge on any atom is -0.426 e. The van der Waals surface area contributed by atoms with Crippen LogP contribution in [-0.2, 0) is 9.59 Å². The van der Waals surface area contributed by atoms with E-state index in [0.717, 1.165) is 0 Å². The highest BCUT2D eigenvalue weighted by atomic mass is 16.4. The van der Waals surface area contributed by atoms with E-state index in [9.17, 15) is 9.59 Å². The van der Waals surface area contributed by atoms with Gasteiger partial charge in [-0.1, -0.05) is 0 Å². The van der Waals surface area contributed by atoms with Crippen molar-refractivity contribution >= 4 is 18.9 Å². The van der Waals surface area contributed by atoms with Gasteiger partial charge < -0.3 is 26.8 Å². The van der Waals surface area contributed by atoms with Crippen molar-refractivity contribution in [2.24, 2.45) is 11.5 Å². The van der Waals surface area contributed by atoms with Crippen LogP contribution >= 0.6 is 0 Å². The largest absolute Gasteiger partial charge is 0.475 e. The van der Waals surface area contributed by atoms with E-state index in [2.05, 4.69) is 5.32 Å². The summed E-state index contributed by atoms with van der Waals surface area (Å²) in [6.07, 6.45) is -0.278. The van der Waals surface area contributed by atoms with Crippen molar-refractivity contribution in [1.82, 2.24) is 5.32 Å². The van der Waals surface area contributed by atoms with Gasteiger partial charge in [-0.3, -0.25) is 9.59 Å². The topological polar surface area (TPSA) is 139 Å². The molecule has 80 valence electrons. The summed E-state index contributed by atoms with van der Waals surface area (Å²) in [5, 5.41) is 19.5. The van der Waals surface area contributed by atoms with Gasteiger partial charge >= 0.3 is 7.12 Å². The predicted octanol–water partition coefficient (Wildman–Crippen LogP) is -3.29. The van der Waals surface area contributed by atoms with Crippen LogP contribution in [0.1, 0.15) is 13.3 Å². The lowest BCUT2D eigenvalue weighted by Crippen LogP contribution is -2.51. The van der Waals surface area contributed by atoms with E-state index in [1.54, 1.807) is 0 Å². The van der Waals surface area contributed by atoms with Gasteiger partial charge in [0.15, 0.2) is 0 Å². The van der Waals surface area contributed by atoms with Crippen LogP contribution in [0.25, 0.3) is 0 Å². The number of hydrogen-bond donors (Lipinski definition) is 5. The Labute approximate surface area is 81.6 Å². The summed E-state index contributed by atoms with van der Waals surface area (Å²) in [7, 11) is -1.67. The van der Waals surface area contributed by atoms with E-state index in [0.29, 0.717) is 0 Å². The molecule has 0 rings (SSSR count). The third-order valence-corrected chi connectivity index (χ3v) is 1.58. The zero-order chi connectivity index (χ0) is 11.3. The van der Waals surface area contributed by atoms with Crippen molar-refractivity contribution in [2.45, 2.75) is 25.3 Å². The number of rotatable bonds is 5. The van der Waals surface area contributed by atoms with Gasteiger partial charge in [-0.25, -0.2) is 0 Å². The Morgan fingerprint density at radius 3 is 2.36 bits per heavy atom. The lowest BCUT2D eigenvalue weighted by Gasteiger charge is -2.15. The predicted molar refractivity (Wildman–Crippen MR) is 49.6 cm³/mol. The molecule has 0 aliphatic heterocycles. The van der Waals surface area contributed by atoms with E-state index in [1.807, 2.05) is 0 Å². The molecule has 0 saturated heterocycles. The monoisotopic (exact) mass is 203 g/mol. The smallest absolute Gasteiger partial charge is 0.426 e. The highest BCUT2D eigenvalue weighted by Gasteiger charge is 2.23. The molecule has 0 aromatic rings. The first-order chi connectivity index (χ1) is 6.34. The number of carbonyl (C=O) groups excluding carboxylic acids is 2. The summed E-state index contributed by atoms with van der Waals surface area (Å²) in [4.78, 5) is 21.5. The minimum absolute atomic E-state index is 0.278. The van der Waals surface area contributed by atoms with E-state index >= 15 is 0 Å². The van der Waals surface area contributed by atoms with Crippen LogP contribution in [0.15, 0.2) is 0 Å². The summed E-state index contributed by atoms with van der Waals surface area (Å²) < 4.78 is 0. The molecule has 0 aliphatic rings. The lowest BCUT2D eigenvalue weighted by molar-refractivity contribution is -0.126. The van der Waals surface area contributed by atoms with Crippen molar-refractivity contribution in [3.63, 3.8) is 0 Å². The van der Waals surface area contributed by atoms with Crippen molar-refractivity contribution in [1.29, 1.82) is 0 Å². The highest BCUT2D eigenvalue weighted by molar-refractivity contribution is 6.43. The molecular weight excluding hydrogens is 189 g/mol. The molecule has 0 saturated carbocycles. The highest BCUT2D eigenvalue weighted by Crippen LogP contribution is 1.90. The Kier molecular flexibility index (Phi) is 5.14. The van der Waals surface area contributed by atoms with Crippen molar-refractivity contribution in [3.05, 3.63) is 0 Å². The van der Waals surface area contributed by atoms with Crippen LogP contribution in [-0.4, -0.2) is 41.0 Å². The van der Waals surface area contributed by atoms with E-state index in [-0.39, 0.29) is 6.42 Å². The molecule has 8 heteroatoms. The molecule has 2 atom stereocenters. The van der Waals surface area contributed by atoms with Crippen molar-refractivity contribution in [3.8, 4) is 0 Å². The Morgan fingerprint density at radius 1 is 1.50 bits per heavy atom. The Bertz CT molecular complexity index is 223. The summed E-state index contributed by atoms with van der Waals surface area (Å²) in [6.45, 7) is 1.39. The van der Waals surface area contributed by atoms with Gasteiger partial charge in [-0.05, 0) is 6.92 Å². The van der Waals surface area contributed by atoms with Crippen LogP contribution in [0.2, 0.25) is 0 Å². The summed E-state index contributed by atoms with van der Waals surface area (Å²) in [5.74, 6) is -2.18. The molecule has 2 amide bonds. The third-order valence-electron chi connectivity index (χ3n) is 1.58. The number of nitrogens with two attached hydrogens (primary N) is 2. The lowest BCUT2D eigenvalue weighted by atomic mass is 9.81. The summed E-state index contributed by atoms with van der Waals surface area (Å²) in [6, 6.07) is -1.06. The van der Waals surface area contributed by atoms with Gasteiger partial charge in [0.05, 0.1) is 18.4 Å². The number of amides is 2. The minimum atomic E-state index is -1.67. The average Bonchev–Trinajstić information content (AvgIpc) is 2.02. The zero-order valence-electron chi connectivity index (χ0n) is 7.80. The molecule has 0 fully saturated rings. The van der Waals surface area contributed by atoms with Gasteiger partial charge in [0, 0.05) is 0 Å². The van der Waals surface area contributed by atoms with Gasteiger partial charge in [-0.15, -0.1) is 0 Å². The Balaban J connectivity index is 4.01. The standard InChI is InChI=1S/C6H14BN3O4/c1-3(7(13)14)10-6(12)4(8)2-5(9)11/h3-4,13-14H,2,8H2,1H3,(H2,9,11)(H,10,12)/t3-,4-/m0/s1. The second-order valence-corrected chi connectivity index (χ2v) is 2.99. The molecule has 0 radical (unpaired) electrons. The van der Waals surface area contributed by atoms with Gasteiger partial charge in [0.2, 0.25) is 11.8 Å². The van der Waals surface area contributed by atoms with Crippen molar-refractivity contribution < 1.29 is 19.6 Å². The van der Waals surface area contributed by atoms with Crippen LogP contribution in [0.5, 0.6) is 0 Å². The zero-order valence-corrected chi connectivity index (χ0v) is 7.80. The van der Waals surface area contributed by atoms with E-state index < -0.39 is 30.9 Å². The first kappa shape index (κ1) is 12.9. The second kappa shape index (κ2) is 5.58. The first-order valence-electron chi connectivity index (χ1n) is 4.05. The molecule has 0 aromatic carbocycles. The van der Waals surface area contributed by atoms with Crippen LogP contribution in [0.3, 0.4) is 0 Å². The summed E-state index contributed by atoms with van der Waals surface area (Å²) >= 11 is 0. The molecule has 0 aromatic heterocycles. The molecule has 0 unspecified atom stereocenters. The Morgan fingerprint density at radius 2 is 2.00 bits per heavy atom. The average molecular weight is 203 g/mol. The fraction of sp³-hybridized carbons (Fsp3) is 0.667. The fourth-order valence-corrected chi connectivity index (χ4v) is 0.715. The molecule has 0 spiro atoms. The number of carbonyl (C=O) groups is 2. The number of hydrogen-bond acceptors (Lipinski definition) is 5. The van der Waals surface area contributed by atoms with E-state index in [1.165, 1.54) is 6.92 Å². The maximum absolute atomic E-state index is 11.1. The van der Waals surface area contributed by atoms with Crippen LogP contribution in [0, 0.1) is 0 Å². The molecule has 0 bridgehead atoms. The quantitative estimate of drug-likeness (QED) is 0.298. The number of primary amides is 1. The molecule has 7 N–H and O–H groups in total.